The fraction of sp³-hybridized carbons (Fsp3) is 1.00. The van der Waals surface area contributed by atoms with Crippen molar-refractivity contribution < 1.29 is 4.21 Å². The SMILES string of the molecule is CC.CCS(=O)N1CCC1. The van der Waals surface area contributed by atoms with E-state index in [1.54, 1.807) is 0 Å². The van der Waals surface area contributed by atoms with E-state index in [4.69, 9.17) is 0 Å². The third-order valence-electron chi connectivity index (χ3n) is 1.35. The molecule has 0 aliphatic carbocycles. The number of nitrogens with zero attached hydrogens (tertiary/aromatic N) is 1. The predicted molar refractivity (Wildman–Crippen MR) is 46.2 cm³/mol. The van der Waals surface area contributed by atoms with Crippen molar-refractivity contribution in [3.63, 3.8) is 0 Å². The molecule has 62 valence electrons. The summed E-state index contributed by atoms with van der Waals surface area (Å²) in [6.45, 7) is 8.04. The molecule has 0 N–H and O–H groups in total. The zero-order chi connectivity index (χ0) is 7.98. The maximum Gasteiger partial charge on any atom is 0.0939 e. The minimum atomic E-state index is -0.652. The summed E-state index contributed by atoms with van der Waals surface area (Å²) < 4.78 is 12.8. The summed E-state index contributed by atoms with van der Waals surface area (Å²) in [5.74, 6) is 0.778. The summed E-state index contributed by atoms with van der Waals surface area (Å²) in [6, 6.07) is 0. The fourth-order valence-electron chi connectivity index (χ4n) is 0.673. The Morgan fingerprint density at radius 2 is 1.90 bits per heavy atom. The highest BCUT2D eigenvalue weighted by molar-refractivity contribution is 7.82. The first-order valence-corrected chi connectivity index (χ1v) is 5.25. The van der Waals surface area contributed by atoms with Crippen molar-refractivity contribution in [3.8, 4) is 0 Å². The van der Waals surface area contributed by atoms with Crippen LogP contribution in [0.25, 0.3) is 0 Å². The smallest absolute Gasteiger partial charge is 0.0939 e. The van der Waals surface area contributed by atoms with Gasteiger partial charge in [-0.1, -0.05) is 20.8 Å². The fourth-order valence-corrected chi connectivity index (χ4v) is 1.70. The van der Waals surface area contributed by atoms with Crippen LogP contribution in [0.1, 0.15) is 27.2 Å². The van der Waals surface area contributed by atoms with Gasteiger partial charge in [0.1, 0.15) is 0 Å². The Kier molecular flexibility index (Phi) is 5.93. The second-order valence-corrected chi connectivity index (χ2v) is 3.63. The van der Waals surface area contributed by atoms with Crippen LogP contribution in [0.4, 0.5) is 0 Å². The van der Waals surface area contributed by atoms with Crippen molar-refractivity contribution in [2.24, 2.45) is 0 Å². The highest BCUT2D eigenvalue weighted by Gasteiger charge is 2.17. The Bertz CT molecular complexity index is 102. The summed E-state index contributed by atoms with van der Waals surface area (Å²) in [5, 5.41) is 0. The van der Waals surface area contributed by atoms with E-state index in [9.17, 15) is 4.21 Å². The molecular formula is C7H17NOS. The number of hydrogen-bond donors (Lipinski definition) is 0. The molecule has 0 spiro atoms. The highest BCUT2D eigenvalue weighted by atomic mass is 32.2. The Morgan fingerprint density at radius 1 is 1.40 bits per heavy atom. The van der Waals surface area contributed by atoms with Crippen molar-refractivity contribution in [3.05, 3.63) is 0 Å². The van der Waals surface area contributed by atoms with Crippen LogP contribution in [0, 0.1) is 0 Å². The van der Waals surface area contributed by atoms with Gasteiger partial charge in [-0.3, -0.25) is 0 Å². The molecule has 1 unspecified atom stereocenters. The van der Waals surface area contributed by atoms with Crippen LogP contribution in [0.5, 0.6) is 0 Å². The molecule has 0 aromatic heterocycles. The molecule has 1 heterocycles. The van der Waals surface area contributed by atoms with E-state index in [0.717, 1.165) is 18.8 Å². The lowest BCUT2D eigenvalue weighted by Crippen LogP contribution is -2.39. The van der Waals surface area contributed by atoms with Gasteiger partial charge < -0.3 is 0 Å². The molecule has 0 saturated carbocycles. The van der Waals surface area contributed by atoms with Gasteiger partial charge in [-0.15, -0.1) is 0 Å². The standard InChI is InChI=1S/C5H11NOS.C2H6/c1-2-8(7)6-4-3-5-6;1-2/h2-5H2,1H3;1-2H3. The quantitative estimate of drug-likeness (QED) is 0.602. The first kappa shape index (κ1) is 10.1. The summed E-state index contributed by atoms with van der Waals surface area (Å²) in [7, 11) is -0.652. The van der Waals surface area contributed by atoms with E-state index in [0.29, 0.717) is 0 Å². The van der Waals surface area contributed by atoms with Crippen molar-refractivity contribution in [2.45, 2.75) is 27.2 Å². The maximum absolute atomic E-state index is 10.8. The van der Waals surface area contributed by atoms with Gasteiger partial charge in [0.2, 0.25) is 0 Å². The molecule has 2 nitrogen and oxygen atoms in total. The summed E-state index contributed by atoms with van der Waals surface area (Å²) in [5.41, 5.74) is 0. The monoisotopic (exact) mass is 163 g/mol. The third kappa shape index (κ3) is 2.80. The average molecular weight is 163 g/mol. The Hall–Kier alpha value is 0.110. The van der Waals surface area contributed by atoms with Gasteiger partial charge in [0.05, 0.1) is 11.0 Å². The molecule has 0 aromatic rings. The van der Waals surface area contributed by atoms with E-state index in [-0.39, 0.29) is 0 Å². The summed E-state index contributed by atoms with van der Waals surface area (Å²) >= 11 is 0. The molecule has 1 atom stereocenters. The lowest BCUT2D eigenvalue weighted by molar-refractivity contribution is 0.328. The zero-order valence-corrected chi connectivity index (χ0v) is 7.91. The van der Waals surface area contributed by atoms with E-state index in [2.05, 4.69) is 0 Å². The van der Waals surface area contributed by atoms with E-state index >= 15 is 0 Å². The molecule has 1 fully saturated rings. The molecule has 0 aromatic carbocycles. The van der Waals surface area contributed by atoms with Gasteiger partial charge in [-0.25, -0.2) is 8.51 Å². The van der Waals surface area contributed by atoms with Gasteiger partial charge in [0.25, 0.3) is 0 Å². The molecule has 0 radical (unpaired) electrons. The predicted octanol–water partition coefficient (Wildman–Crippen LogP) is 1.40. The summed E-state index contributed by atoms with van der Waals surface area (Å²) in [4.78, 5) is 0. The zero-order valence-electron chi connectivity index (χ0n) is 7.09. The van der Waals surface area contributed by atoms with Crippen molar-refractivity contribution in [1.82, 2.24) is 4.31 Å². The van der Waals surface area contributed by atoms with Crippen LogP contribution in [0.15, 0.2) is 0 Å². The maximum atomic E-state index is 10.8. The van der Waals surface area contributed by atoms with Crippen LogP contribution in [0.2, 0.25) is 0 Å². The molecule has 1 saturated heterocycles. The second kappa shape index (κ2) is 5.86. The van der Waals surface area contributed by atoms with Crippen LogP contribution < -0.4 is 0 Å². The molecule has 1 aliphatic heterocycles. The Morgan fingerprint density at radius 3 is 2.00 bits per heavy atom. The van der Waals surface area contributed by atoms with Crippen LogP contribution in [-0.4, -0.2) is 27.4 Å². The lowest BCUT2D eigenvalue weighted by Gasteiger charge is -2.28. The largest absolute Gasteiger partial charge is 0.243 e. The van der Waals surface area contributed by atoms with Gasteiger partial charge in [0.15, 0.2) is 0 Å². The number of hydrogen-bond acceptors (Lipinski definition) is 1. The molecule has 0 bridgehead atoms. The minimum Gasteiger partial charge on any atom is -0.243 e. The Labute approximate surface area is 66.2 Å². The van der Waals surface area contributed by atoms with Gasteiger partial charge in [0, 0.05) is 18.8 Å². The lowest BCUT2D eigenvalue weighted by atomic mass is 10.3. The Balaban J connectivity index is 0.000000371. The average Bonchev–Trinajstić information content (AvgIpc) is 1.89. The highest BCUT2D eigenvalue weighted by Crippen LogP contribution is 2.07. The normalized spacial score (nSPS) is 20.3. The van der Waals surface area contributed by atoms with E-state index < -0.39 is 11.0 Å². The topological polar surface area (TPSA) is 20.3 Å². The van der Waals surface area contributed by atoms with Gasteiger partial charge in [-0.2, -0.15) is 0 Å². The first-order chi connectivity index (χ1) is 4.84. The summed E-state index contributed by atoms with van der Waals surface area (Å²) in [6.07, 6.45) is 1.23. The molecular weight excluding hydrogens is 146 g/mol. The van der Waals surface area contributed by atoms with Crippen LogP contribution >= 0.6 is 0 Å². The van der Waals surface area contributed by atoms with Crippen molar-refractivity contribution in [2.75, 3.05) is 18.8 Å². The van der Waals surface area contributed by atoms with E-state index in [1.807, 2.05) is 25.1 Å². The molecule has 10 heavy (non-hydrogen) atoms. The molecule has 0 amide bonds. The van der Waals surface area contributed by atoms with Crippen LogP contribution in [0.3, 0.4) is 0 Å². The molecule has 3 heteroatoms. The second-order valence-electron chi connectivity index (χ2n) is 1.89. The third-order valence-corrected chi connectivity index (χ3v) is 2.78. The molecule has 1 rings (SSSR count). The molecule has 1 aliphatic rings. The van der Waals surface area contributed by atoms with Gasteiger partial charge >= 0.3 is 0 Å². The van der Waals surface area contributed by atoms with Crippen molar-refractivity contribution in [1.29, 1.82) is 0 Å². The van der Waals surface area contributed by atoms with Crippen molar-refractivity contribution >= 4 is 11.0 Å². The first-order valence-electron chi connectivity index (χ1n) is 3.98. The number of rotatable bonds is 2. The minimum absolute atomic E-state index is 0.652. The van der Waals surface area contributed by atoms with E-state index in [1.165, 1.54) is 6.42 Å². The van der Waals surface area contributed by atoms with Gasteiger partial charge in [-0.05, 0) is 6.42 Å². The van der Waals surface area contributed by atoms with Crippen LogP contribution in [-0.2, 0) is 11.0 Å².